The molecule has 2 aliphatic rings. The third-order valence-electron chi connectivity index (χ3n) is 5.05. The Hall–Kier alpha value is -2.86. The standard InChI is InChI=1S/C20H21N3O3/c1-12-19(24)22-17-9-5-8-14(18(17)26-12)20(25)23-10-15(16(21)11-23)13-6-3-2-4-7-13/h2-9,12,15-16H,10-11,21H2,1H3,(H,22,24)/t12?,15-,16+/m0/s1. The largest absolute Gasteiger partial charge is 0.478 e. The van der Waals surface area contributed by atoms with Crippen LogP contribution < -0.4 is 15.8 Å². The van der Waals surface area contributed by atoms with Crippen molar-refractivity contribution in [2.24, 2.45) is 5.73 Å². The van der Waals surface area contributed by atoms with Crippen molar-refractivity contribution < 1.29 is 14.3 Å². The Labute approximate surface area is 151 Å². The summed E-state index contributed by atoms with van der Waals surface area (Å²) in [5.41, 5.74) is 8.44. The molecule has 2 heterocycles. The quantitative estimate of drug-likeness (QED) is 0.866. The molecule has 3 N–H and O–H groups in total. The molecule has 0 bridgehead atoms. The second-order valence-electron chi connectivity index (χ2n) is 6.82. The number of anilines is 1. The molecule has 1 saturated heterocycles. The first-order valence-corrected chi connectivity index (χ1v) is 8.75. The number of nitrogens with zero attached hydrogens (tertiary/aromatic N) is 1. The van der Waals surface area contributed by atoms with Gasteiger partial charge in [0.2, 0.25) is 0 Å². The van der Waals surface area contributed by atoms with Gasteiger partial charge in [0, 0.05) is 25.0 Å². The summed E-state index contributed by atoms with van der Waals surface area (Å²) in [5.74, 6) is 0.203. The minimum Gasteiger partial charge on any atom is -0.478 e. The summed E-state index contributed by atoms with van der Waals surface area (Å²) in [6.45, 7) is 2.72. The van der Waals surface area contributed by atoms with Crippen LogP contribution in [0.4, 0.5) is 5.69 Å². The van der Waals surface area contributed by atoms with E-state index in [-0.39, 0.29) is 23.8 Å². The number of nitrogens with two attached hydrogens (primary N) is 1. The SMILES string of the molecule is CC1Oc2c(cccc2C(=O)N2C[C@@H](N)[C@H](c3ccccc3)C2)NC1=O. The first-order valence-electron chi connectivity index (χ1n) is 8.75. The molecule has 0 aromatic heterocycles. The molecule has 1 fully saturated rings. The van der Waals surface area contributed by atoms with Crippen LogP contribution in [0.5, 0.6) is 5.75 Å². The van der Waals surface area contributed by atoms with Gasteiger partial charge in [-0.15, -0.1) is 0 Å². The van der Waals surface area contributed by atoms with E-state index in [0.717, 1.165) is 5.56 Å². The maximum Gasteiger partial charge on any atom is 0.265 e. The van der Waals surface area contributed by atoms with E-state index in [1.54, 1.807) is 30.0 Å². The highest BCUT2D eigenvalue weighted by molar-refractivity contribution is 6.04. The maximum atomic E-state index is 13.1. The molecule has 6 heteroatoms. The number of likely N-dealkylation sites (tertiary alicyclic amines) is 1. The van der Waals surface area contributed by atoms with Gasteiger partial charge in [0.1, 0.15) is 0 Å². The molecule has 26 heavy (non-hydrogen) atoms. The average molecular weight is 351 g/mol. The van der Waals surface area contributed by atoms with Crippen molar-refractivity contribution in [3.8, 4) is 5.75 Å². The lowest BCUT2D eigenvalue weighted by molar-refractivity contribution is -0.122. The molecule has 0 radical (unpaired) electrons. The van der Waals surface area contributed by atoms with E-state index in [4.69, 9.17) is 10.5 Å². The van der Waals surface area contributed by atoms with Gasteiger partial charge >= 0.3 is 0 Å². The zero-order chi connectivity index (χ0) is 18.3. The minimum absolute atomic E-state index is 0.110. The molecule has 0 spiro atoms. The number of nitrogens with one attached hydrogen (secondary N) is 1. The fraction of sp³-hybridized carbons (Fsp3) is 0.300. The Morgan fingerprint density at radius 2 is 1.92 bits per heavy atom. The van der Waals surface area contributed by atoms with Crippen LogP contribution in [0.1, 0.15) is 28.8 Å². The molecule has 6 nitrogen and oxygen atoms in total. The lowest BCUT2D eigenvalue weighted by atomic mass is 9.95. The predicted molar refractivity (Wildman–Crippen MR) is 98.2 cm³/mol. The fourth-order valence-corrected chi connectivity index (χ4v) is 3.61. The summed E-state index contributed by atoms with van der Waals surface area (Å²) in [6.07, 6.45) is -0.630. The van der Waals surface area contributed by atoms with Crippen LogP contribution in [0.3, 0.4) is 0 Å². The van der Waals surface area contributed by atoms with E-state index in [1.807, 2.05) is 30.3 Å². The van der Waals surface area contributed by atoms with Crippen LogP contribution in [0.25, 0.3) is 0 Å². The van der Waals surface area contributed by atoms with Crippen LogP contribution in [0.2, 0.25) is 0 Å². The Morgan fingerprint density at radius 1 is 1.15 bits per heavy atom. The van der Waals surface area contributed by atoms with Crippen LogP contribution in [0.15, 0.2) is 48.5 Å². The lowest BCUT2D eigenvalue weighted by Crippen LogP contribution is -2.37. The average Bonchev–Trinajstić information content (AvgIpc) is 3.04. The molecule has 2 aromatic rings. The molecule has 4 rings (SSSR count). The number of hydrogen-bond acceptors (Lipinski definition) is 4. The Bertz CT molecular complexity index is 853. The predicted octanol–water partition coefficient (Wildman–Crippen LogP) is 1.97. The van der Waals surface area contributed by atoms with Gasteiger partial charge in [0.05, 0.1) is 11.3 Å². The van der Waals surface area contributed by atoms with Crippen molar-refractivity contribution >= 4 is 17.5 Å². The molecule has 1 unspecified atom stereocenters. The van der Waals surface area contributed by atoms with E-state index < -0.39 is 6.10 Å². The summed E-state index contributed by atoms with van der Waals surface area (Å²) >= 11 is 0. The van der Waals surface area contributed by atoms with Gasteiger partial charge in [-0.2, -0.15) is 0 Å². The second-order valence-corrected chi connectivity index (χ2v) is 6.82. The molecule has 134 valence electrons. The first-order chi connectivity index (χ1) is 12.5. The normalized spacial score (nSPS) is 24.6. The highest BCUT2D eigenvalue weighted by Gasteiger charge is 2.36. The third kappa shape index (κ3) is 2.82. The van der Waals surface area contributed by atoms with E-state index >= 15 is 0 Å². The number of carbonyl (C=O) groups is 2. The number of hydrogen-bond donors (Lipinski definition) is 2. The Kier molecular flexibility index (Phi) is 4.12. The van der Waals surface area contributed by atoms with Gasteiger partial charge in [-0.05, 0) is 24.6 Å². The van der Waals surface area contributed by atoms with Crippen LogP contribution in [-0.4, -0.2) is 41.9 Å². The number of para-hydroxylation sites is 1. The van der Waals surface area contributed by atoms with Gasteiger partial charge in [-0.1, -0.05) is 36.4 Å². The lowest BCUT2D eigenvalue weighted by Gasteiger charge is -2.26. The molecule has 0 saturated carbocycles. The van der Waals surface area contributed by atoms with Crippen molar-refractivity contribution in [1.82, 2.24) is 4.90 Å². The number of ether oxygens (including phenoxy) is 1. The van der Waals surface area contributed by atoms with Gasteiger partial charge in [-0.3, -0.25) is 9.59 Å². The summed E-state index contributed by atoms with van der Waals surface area (Å²) in [6, 6.07) is 15.1. The summed E-state index contributed by atoms with van der Waals surface area (Å²) in [5, 5.41) is 2.78. The molecular weight excluding hydrogens is 330 g/mol. The maximum absolute atomic E-state index is 13.1. The second kappa shape index (κ2) is 6.46. The molecular formula is C20H21N3O3. The topological polar surface area (TPSA) is 84.7 Å². The van der Waals surface area contributed by atoms with Gasteiger partial charge in [-0.25, -0.2) is 0 Å². The molecule has 2 aliphatic heterocycles. The van der Waals surface area contributed by atoms with Crippen molar-refractivity contribution in [1.29, 1.82) is 0 Å². The number of carbonyl (C=O) groups excluding carboxylic acids is 2. The number of fused-ring (bicyclic) bond motifs is 1. The van der Waals surface area contributed by atoms with Gasteiger partial charge in [0.15, 0.2) is 11.9 Å². The fourth-order valence-electron chi connectivity index (χ4n) is 3.61. The first kappa shape index (κ1) is 16.6. The van der Waals surface area contributed by atoms with Crippen LogP contribution in [-0.2, 0) is 4.79 Å². The van der Waals surface area contributed by atoms with Crippen molar-refractivity contribution in [2.45, 2.75) is 25.0 Å². The number of rotatable bonds is 2. The minimum atomic E-state index is -0.630. The monoisotopic (exact) mass is 351 g/mol. The number of benzene rings is 2. The van der Waals surface area contributed by atoms with Crippen LogP contribution >= 0.6 is 0 Å². The van der Waals surface area contributed by atoms with Crippen molar-refractivity contribution in [3.63, 3.8) is 0 Å². The van der Waals surface area contributed by atoms with E-state index in [1.165, 1.54) is 0 Å². The van der Waals surface area contributed by atoms with E-state index in [2.05, 4.69) is 5.32 Å². The molecule has 2 amide bonds. The van der Waals surface area contributed by atoms with Gasteiger partial charge < -0.3 is 20.7 Å². The smallest absolute Gasteiger partial charge is 0.265 e. The number of amides is 2. The Morgan fingerprint density at radius 3 is 2.69 bits per heavy atom. The van der Waals surface area contributed by atoms with Crippen LogP contribution in [0, 0.1) is 0 Å². The van der Waals surface area contributed by atoms with Crippen molar-refractivity contribution in [2.75, 3.05) is 18.4 Å². The third-order valence-corrected chi connectivity index (χ3v) is 5.05. The van der Waals surface area contributed by atoms with Gasteiger partial charge in [0.25, 0.3) is 11.8 Å². The highest BCUT2D eigenvalue weighted by atomic mass is 16.5. The highest BCUT2D eigenvalue weighted by Crippen LogP contribution is 2.35. The van der Waals surface area contributed by atoms with E-state index in [0.29, 0.717) is 30.1 Å². The van der Waals surface area contributed by atoms with E-state index in [9.17, 15) is 9.59 Å². The molecule has 0 aliphatic carbocycles. The summed E-state index contributed by atoms with van der Waals surface area (Å²) in [7, 11) is 0. The summed E-state index contributed by atoms with van der Waals surface area (Å²) in [4.78, 5) is 26.7. The Balaban J connectivity index is 1.60. The zero-order valence-corrected chi connectivity index (χ0v) is 14.5. The van der Waals surface area contributed by atoms with Crippen molar-refractivity contribution in [3.05, 3.63) is 59.7 Å². The zero-order valence-electron chi connectivity index (χ0n) is 14.5. The molecule has 2 aromatic carbocycles. The molecule has 3 atom stereocenters. The summed E-state index contributed by atoms with van der Waals surface area (Å²) < 4.78 is 5.70.